The monoisotopic (exact) mass is 1090 g/mol. The Morgan fingerprint density at radius 2 is 1.43 bits per heavy atom. The van der Waals surface area contributed by atoms with Crippen LogP contribution in [0.4, 0.5) is 0 Å². The van der Waals surface area contributed by atoms with Gasteiger partial charge in [-0.25, -0.2) is 0 Å². The van der Waals surface area contributed by atoms with Crippen LogP contribution in [0.1, 0.15) is 115 Å². The van der Waals surface area contributed by atoms with E-state index in [4.69, 9.17) is 21.9 Å². The summed E-state index contributed by atoms with van der Waals surface area (Å²) in [6.07, 6.45) is 0.0317. The minimum Gasteiger partial charge on any atom is -0.497 e. The first kappa shape index (κ1) is 61.4. The first-order valence-corrected chi connectivity index (χ1v) is 27.6. The van der Waals surface area contributed by atoms with Crippen molar-refractivity contribution in [3.63, 3.8) is 0 Å². The van der Waals surface area contributed by atoms with Gasteiger partial charge in [-0.3, -0.25) is 52.7 Å². The molecule has 24 nitrogen and oxygen atoms in total. The van der Waals surface area contributed by atoms with E-state index >= 15 is 0 Å². The van der Waals surface area contributed by atoms with E-state index in [-0.39, 0.29) is 50.9 Å². The molecule has 11 amide bonds. The van der Waals surface area contributed by atoms with Crippen LogP contribution in [0.5, 0.6) is 5.75 Å². The molecule has 0 spiro atoms. The molecule has 1 aromatic carbocycles. The number of aryl methyl sites for hydroxylation is 2. The number of carbonyl (C=O) groups excluding carboxylic acids is 11. The highest BCUT2D eigenvalue weighted by molar-refractivity contribution is 8.77. The van der Waals surface area contributed by atoms with Gasteiger partial charge in [-0.15, -0.1) is 0 Å². The molecular weight excluding hydrogens is 1010 g/mol. The van der Waals surface area contributed by atoms with Crippen LogP contribution in [-0.2, 0) is 52.7 Å². The van der Waals surface area contributed by atoms with Crippen molar-refractivity contribution in [3.8, 4) is 5.75 Å². The second-order valence-electron chi connectivity index (χ2n) is 19.9. The third-order valence-electron chi connectivity index (χ3n) is 13.8. The quantitative estimate of drug-likeness (QED) is 0.118. The molecule has 0 radical (unpaired) electrons. The van der Waals surface area contributed by atoms with Crippen LogP contribution in [-0.4, -0.2) is 155 Å². The fourth-order valence-corrected chi connectivity index (χ4v) is 12.0. The summed E-state index contributed by atoms with van der Waals surface area (Å²) in [7, 11) is 3.67. The molecule has 1 aromatic rings. The summed E-state index contributed by atoms with van der Waals surface area (Å²) in [6, 6.07) is -7.49. The zero-order valence-electron chi connectivity index (χ0n) is 44.0. The molecule has 14 N–H and O–H groups in total. The number of nitrogens with two attached hydrogens (primary N) is 3. The zero-order chi connectivity index (χ0) is 55.9. The van der Waals surface area contributed by atoms with Crippen LogP contribution in [0.2, 0.25) is 0 Å². The van der Waals surface area contributed by atoms with E-state index in [0.717, 1.165) is 38.3 Å². The third-order valence-corrected chi connectivity index (χ3v) is 17.1. The SMILES string of the molecule is CC[C@H](C)[C@@H]1NC(=O)[C@H]([C@@H](C)c2c(C)cc(OC)cc2C)NC(=O)[C@H](N)C(C)(C)SSC[C@@H]2NC(=O)[C@@H](CC(N)=O)NC(=O)[C@@H](CCC(=O)NCCCC[C@H](C(=O)NCC(N)=O)NC(=O)[C@H]3CCCN3C2=O)NC1=O. The maximum absolute atomic E-state index is 14.8. The summed E-state index contributed by atoms with van der Waals surface area (Å²) in [5.74, 6) is -9.87. The first-order chi connectivity index (χ1) is 35.3. The number of nitrogens with one attached hydrogen (secondary N) is 8. The number of methoxy groups -OCH3 is 1. The highest BCUT2D eigenvalue weighted by Gasteiger charge is 2.43. The summed E-state index contributed by atoms with van der Waals surface area (Å²) in [5.41, 5.74) is 19.8. The number of benzene rings is 1. The van der Waals surface area contributed by atoms with Crippen molar-refractivity contribution in [2.24, 2.45) is 23.1 Å². The van der Waals surface area contributed by atoms with Crippen LogP contribution in [0.3, 0.4) is 0 Å². The molecule has 75 heavy (non-hydrogen) atoms. The van der Waals surface area contributed by atoms with E-state index in [2.05, 4.69) is 42.5 Å². The Bertz CT molecular complexity index is 2300. The van der Waals surface area contributed by atoms with Gasteiger partial charge >= 0.3 is 0 Å². The van der Waals surface area contributed by atoms with Crippen molar-refractivity contribution in [3.05, 3.63) is 28.8 Å². The first-order valence-electron chi connectivity index (χ1n) is 25.2. The summed E-state index contributed by atoms with van der Waals surface area (Å²) < 4.78 is 4.33. The zero-order valence-corrected chi connectivity index (χ0v) is 45.6. The number of ether oxygens (including phenoxy) is 1. The summed E-state index contributed by atoms with van der Waals surface area (Å²) >= 11 is 0. The van der Waals surface area contributed by atoms with E-state index in [1.54, 1.807) is 46.8 Å². The van der Waals surface area contributed by atoms with Gasteiger partial charge in [-0.05, 0) is 101 Å². The van der Waals surface area contributed by atoms with Gasteiger partial charge in [0, 0.05) is 35.9 Å². The molecule has 0 aliphatic carbocycles. The van der Waals surface area contributed by atoms with Crippen molar-refractivity contribution in [2.45, 2.75) is 165 Å². The molecular formula is C49H76N12O12S2. The number of hydrogen-bond donors (Lipinski definition) is 11. The molecule has 4 rings (SSSR count). The topological polar surface area (TPSA) is 375 Å². The van der Waals surface area contributed by atoms with Gasteiger partial charge in [0.1, 0.15) is 48.0 Å². The normalized spacial score (nSPS) is 27.2. The maximum atomic E-state index is 14.8. The molecule has 0 saturated carbocycles. The van der Waals surface area contributed by atoms with Crippen molar-refractivity contribution in [1.82, 2.24) is 47.4 Å². The van der Waals surface area contributed by atoms with E-state index in [0.29, 0.717) is 25.0 Å². The molecule has 416 valence electrons. The summed E-state index contributed by atoms with van der Waals surface area (Å²) in [5, 5.41) is 21.3. The van der Waals surface area contributed by atoms with Gasteiger partial charge < -0.3 is 69.4 Å². The summed E-state index contributed by atoms with van der Waals surface area (Å²) in [4.78, 5) is 154. The fraction of sp³-hybridized carbons (Fsp3) is 0.653. The van der Waals surface area contributed by atoms with Gasteiger partial charge in [0.25, 0.3) is 0 Å². The number of amides is 11. The average Bonchev–Trinajstić information content (AvgIpc) is 3.85. The number of rotatable bonds is 10. The molecule has 3 fully saturated rings. The lowest BCUT2D eigenvalue weighted by atomic mass is 9.85. The number of carbonyl (C=O) groups is 11. The lowest BCUT2D eigenvalue weighted by Crippen LogP contribution is -2.62. The Kier molecular flexibility index (Phi) is 23.0. The molecule has 3 aliphatic rings. The highest BCUT2D eigenvalue weighted by atomic mass is 33.1. The van der Waals surface area contributed by atoms with Gasteiger partial charge in [0.2, 0.25) is 65.0 Å². The molecule has 3 aliphatic heterocycles. The third kappa shape index (κ3) is 17.2. The van der Waals surface area contributed by atoms with Crippen molar-refractivity contribution >= 4 is 86.6 Å². The Morgan fingerprint density at radius 3 is 2.05 bits per heavy atom. The van der Waals surface area contributed by atoms with Crippen molar-refractivity contribution in [2.75, 3.05) is 32.5 Å². The van der Waals surface area contributed by atoms with E-state index in [1.807, 2.05) is 13.8 Å². The van der Waals surface area contributed by atoms with E-state index in [1.165, 1.54) is 12.0 Å². The van der Waals surface area contributed by atoms with E-state index < -0.39 is 143 Å². The molecule has 3 saturated heterocycles. The number of primary amides is 2. The molecule has 3 heterocycles. The van der Waals surface area contributed by atoms with Crippen LogP contribution >= 0.6 is 21.6 Å². The van der Waals surface area contributed by atoms with Crippen molar-refractivity contribution in [1.29, 1.82) is 0 Å². The molecule has 10 atom stereocenters. The van der Waals surface area contributed by atoms with Crippen LogP contribution in [0.15, 0.2) is 12.1 Å². The van der Waals surface area contributed by atoms with Gasteiger partial charge in [0.05, 0.1) is 26.1 Å². The standard InChI is InChI=1S/C49H76N12O12S2/c1-9-24(2)38-45(69)56-30-15-16-36(64)53-17-11-10-13-29(41(65)54-22-35(51)63)55-44(68)33-14-12-18-61(33)48(72)32(58-43(67)31(21-34(50)62)57-42(30)66)23-74-75-49(6,7)40(52)47(71)60-39(46(70)59-38)27(5)37-25(3)19-28(73-8)20-26(37)4/h19-20,24,27,29-33,38-40H,9-18,21-23,52H2,1-8H3,(H2,50,62)(H2,51,63)(H,53,64)(H,54,65)(H,55,68)(H,56,69)(H,57,66)(H,58,67)(H,59,70)(H,60,71)/t24-,27-,29+,30+,31+,32-,33+,38-,39-,40-/m0/s1. The highest BCUT2D eigenvalue weighted by Crippen LogP contribution is 2.39. The lowest BCUT2D eigenvalue weighted by molar-refractivity contribution is -0.142. The number of nitrogens with zero attached hydrogens (tertiary/aromatic N) is 1. The van der Waals surface area contributed by atoms with Crippen LogP contribution < -0.4 is 64.5 Å². The molecule has 0 aromatic heterocycles. The van der Waals surface area contributed by atoms with Gasteiger partial charge in [-0.1, -0.05) is 48.8 Å². The predicted molar refractivity (Wildman–Crippen MR) is 281 cm³/mol. The minimum absolute atomic E-state index is 0.0547. The van der Waals surface area contributed by atoms with Gasteiger partial charge in [-0.2, -0.15) is 0 Å². The smallest absolute Gasteiger partial charge is 0.246 e. The second-order valence-corrected chi connectivity index (χ2v) is 22.9. The van der Waals surface area contributed by atoms with E-state index in [9.17, 15) is 52.7 Å². The molecule has 0 unspecified atom stereocenters. The van der Waals surface area contributed by atoms with Crippen LogP contribution in [0, 0.1) is 19.8 Å². The Labute approximate surface area is 445 Å². The fourth-order valence-electron chi connectivity index (χ4n) is 9.23. The maximum Gasteiger partial charge on any atom is 0.246 e. The van der Waals surface area contributed by atoms with Crippen LogP contribution in [0.25, 0.3) is 0 Å². The van der Waals surface area contributed by atoms with Crippen molar-refractivity contribution < 1.29 is 57.5 Å². The largest absolute Gasteiger partial charge is 0.497 e. The Morgan fingerprint density at radius 1 is 0.787 bits per heavy atom. The minimum atomic E-state index is -1.74. The average molecular weight is 1090 g/mol. The molecule has 26 heteroatoms. The Balaban J connectivity index is 1.89. The summed E-state index contributed by atoms with van der Waals surface area (Å²) in [6.45, 7) is 11.9. The Hall–Kier alpha value is -6.15. The lowest BCUT2D eigenvalue weighted by Gasteiger charge is -2.35. The number of fused-ring (bicyclic) bond motifs is 7. The molecule has 2 bridgehead atoms. The predicted octanol–water partition coefficient (Wildman–Crippen LogP) is -1.58. The number of hydrogen-bond acceptors (Lipinski definition) is 15. The second kappa shape index (κ2) is 28.1. The van der Waals surface area contributed by atoms with Gasteiger partial charge in [0.15, 0.2) is 0 Å².